The Morgan fingerprint density at radius 3 is 2.24 bits per heavy atom. The Morgan fingerprint density at radius 1 is 1.05 bits per heavy atom. The Hall–Kier alpha value is -0.830. The van der Waals surface area contributed by atoms with E-state index in [1.54, 1.807) is 0 Å². The van der Waals surface area contributed by atoms with Gasteiger partial charge in [-0.05, 0) is 55.2 Å². The summed E-state index contributed by atoms with van der Waals surface area (Å²) in [6, 6.07) is 17.5. The number of nitrogens with one attached hydrogen (secondary N) is 1. The fourth-order valence-corrected chi connectivity index (χ4v) is 2.91. The highest BCUT2D eigenvalue weighted by Crippen LogP contribution is 2.20. The van der Waals surface area contributed by atoms with Crippen LogP contribution < -0.4 is 5.32 Å². The normalized spacial score (nSPS) is 13.9. The number of benzene rings is 2. The van der Waals surface area contributed by atoms with Crippen molar-refractivity contribution < 1.29 is 0 Å². The molecule has 0 heterocycles. The van der Waals surface area contributed by atoms with Gasteiger partial charge in [-0.1, -0.05) is 58.7 Å². The summed E-state index contributed by atoms with van der Waals surface area (Å²) in [5, 5.41) is 4.50. The van der Waals surface area contributed by atoms with Gasteiger partial charge in [-0.2, -0.15) is 0 Å². The van der Waals surface area contributed by atoms with Crippen LogP contribution in [0.3, 0.4) is 0 Å². The minimum atomic E-state index is 0.368. The van der Waals surface area contributed by atoms with Crippen molar-refractivity contribution in [3.8, 4) is 0 Å². The van der Waals surface area contributed by atoms with E-state index in [1.807, 2.05) is 12.1 Å². The van der Waals surface area contributed by atoms with Gasteiger partial charge in [0.05, 0.1) is 0 Å². The number of halogens is 2. The molecule has 2 atom stereocenters. The molecular weight excluding hydrogens is 346 g/mol. The Balaban J connectivity index is 1.97. The van der Waals surface area contributed by atoms with E-state index in [9.17, 15) is 0 Å². The molecule has 0 spiro atoms. The maximum atomic E-state index is 5.96. The van der Waals surface area contributed by atoms with Crippen molar-refractivity contribution in [1.29, 1.82) is 0 Å². The Bertz CT molecular complexity index is 550. The van der Waals surface area contributed by atoms with Gasteiger partial charge in [-0.15, -0.1) is 0 Å². The molecule has 0 saturated heterocycles. The van der Waals surface area contributed by atoms with Crippen LogP contribution in [0.5, 0.6) is 0 Å². The minimum absolute atomic E-state index is 0.368. The van der Waals surface area contributed by atoms with Gasteiger partial charge in [-0.25, -0.2) is 0 Å². The zero-order valence-electron chi connectivity index (χ0n) is 12.4. The second-order valence-corrected chi connectivity index (χ2v) is 6.76. The van der Waals surface area contributed by atoms with Crippen LogP contribution in [0.25, 0.3) is 0 Å². The highest BCUT2D eigenvalue weighted by Gasteiger charge is 2.12. The summed E-state index contributed by atoms with van der Waals surface area (Å²) in [5.41, 5.74) is 2.65. The van der Waals surface area contributed by atoms with Crippen molar-refractivity contribution in [3.05, 3.63) is 69.2 Å². The van der Waals surface area contributed by atoms with Gasteiger partial charge in [-0.3, -0.25) is 0 Å². The van der Waals surface area contributed by atoms with E-state index in [-0.39, 0.29) is 0 Å². The van der Waals surface area contributed by atoms with Crippen LogP contribution in [-0.2, 0) is 6.42 Å². The molecule has 0 aliphatic carbocycles. The highest BCUT2D eigenvalue weighted by atomic mass is 79.9. The van der Waals surface area contributed by atoms with Crippen molar-refractivity contribution in [1.82, 2.24) is 5.32 Å². The van der Waals surface area contributed by atoms with Crippen molar-refractivity contribution in [3.63, 3.8) is 0 Å². The number of hydrogen-bond donors (Lipinski definition) is 1. The molecule has 0 radical (unpaired) electrons. The molecule has 0 aliphatic rings. The fraction of sp³-hybridized carbons (Fsp3) is 0.333. The summed E-state index contributed by atoms with van der Waals surface area (Å²) in [7, 11) is 0. The highest BCUT2D eigenvalue weighted by molar-refractivity contribution is 9.10. The first-order valence-electron chi connectivity index (χ1n) is 7.34. The van der Waals surface area contributed by atoms with Crippen molar-refractivity contribution >= 4 is 27.5 Å². The lowest BCUT2D eigenvalue weighted by atomic mass is 10.0. The van der Waals surface area contributed by atoms with Crippen LogP contribution in [0.1, 0.15) is 37.4 Å². The van der Waals surface area contributed by atoms with Crippen LogP contribution in [0.4, 0.5) is 0 Å². The molecule has 2 aromatic carbocycles. The van der Waals surface area contributed by atoms with Crippen LogP contribution in [0.2, 0.25) is 5.02 Å². The average Bonchev–Trinajstić information content (AvgIpc) is 2.48. The standard InChI is InChI=1S/C18H21BrClN/c1-3-18(15-6-10-17(20)11-7-15)21-13(2)12-14-4-8-16(19)9-5-14/h4-11,13,18,21H,3,12H2,1-2H3. The molecule has 2 aromatic rings. The van der Waals surface area contributed by atoms with Crippen LogP contribution in [0, 0.1) is 0 Å². The predicted molar refractivity (Wildman–Crippen MR) is 94.9 cm³/mol. The molecule has 1 N–H and O–H groups in total. The summed E-state index contributed by atoms with van der Waals surface area (Å²) in [5.74, 6) is 0. The maximum absolute atomic E-state index is 5.96. The molecule has 2 unspecified atom stereocenters. The van der Waals surface area contributed by atoms with Gasteiger partial charge in [0.15, 0.2) is 0 Å². The molecule has 112 valence electrons. The zero-order valence-corrected chi connectivity index (χ0v) is 14.8. The van der Waals surface area contributed by atoms with Crippen LogP contribution in [-0.4, -0.2) is 6.04 Å². The SMILES string of the molecule is CCC(NC(C)Cc1ccc(Br)cc1)c1ccc(Cl)cc1. The van der Waals surface area contributed by atoms with E-state index >= 15 is 0 Å². The lowest BCUT2D eigenvalue weighted by molar-refractivity contribution is 0.443. The summed E-state index contributed by atoms with van der Waals surface area (Å²) in [4.78, 5) is 0. The monoisotopic (exact) mass is 365 g/mol. The largest absolute Gasteiger partial charge is 0.307 e. The van der Waals surface area contributed by atoms with E-state index in [2.05, 4.69) is 71.5 Å². The van der Waals surface area contributed by atoms with E-state index in [4.69, 9.17) is 11.6 Å². The van der Waals surface area contributed by atoms with Crippen LogP contribution >= 0.6 is 27.5 Å². The lowest BCUT2D eigenvalue weighted by Gasteiger charge is -2.23. The molecule has 0 saturated carbocycles. The third-order valence-electron chi connectivity index (χ3n) is 3.62. The topological polar surface area (TPSA) is 12.0 Å². The number of hydrogen-bond acceptors (Lipinski definition) is 1. The molecule has 3 heteroatoms. The summed E-state index contributed by atoms with van der Waals surface area (Å²) in [6.45, 7) is 4.44. The lowest BCUT2D eigenvalue weighted by Crippen LogP contribution is -2.31. The van der Waals surface area contributed by atoms with Gasteiger partial charge in [0.2, 0.25) is 0 Å². The molecule has 0 aliphatic heterocycles. The Kier molecular flexibility index (Phi) is 6.28. The molecule has 1 nitrogen and oxygen atoms in total. The second kappa shape index (κ2) is 7.98. The molecule has 0 aromatic heterocycles. The third kappa shape index (κ3) is 5.14. The Labute approximate surface area is 140 Å². The van der Waals surface area contributed by atoms with Gasteiger partial charge < -0.3 is 5.32 Å². The van der Waals surface area contributed by atoms with Gasteiger partial charge in [0.25, 0.3) is 0 Å². The van der Waals surface area contributed by atoms with Crippen molar-refractivity contribution in [2.75, 3.05) is 0 Å². The quantitative estimate of drug-likeness (QED) is 0.684. The first kappa shape index (κ1) is 16.5. The molecule has 21 heavy (non-hydrogen) atoms. The molecule has 0 bridgehead atoms. The van der Waals surface area contributed by atoms with E-state index in [1.165, 1.54) is 11.1 Å². The van der Waals surface area contributed by atoms with Crippen LogP contribution in [0.15, 0.2) is 53.0 Å². The van der Waals surface area contributed by atoms with E-state index in [0.29, 0.717) is 12.1 Å². The summed E-state index contributed by atoms with van der Waals surface area (Å²) >= 11 is 9.43. The predicted octanol–water partition coefficient (Wildman–Crippen LogP) is 5.77. The fourth-order valence-electron chi connectivity index (χ4n) is 2.52. The van der Waals surface area contributed by atoms with Crippen molar-refractivity contribution in [2.45, 2.75) is 38.8 Å². The van der Waals surface area contributed by atoms with Gasteiger partial charge >= 0.3 is 0 Å². The molecule has 2 rings (SSSR count). The summed E-state index contributed by atoms with van der Waals surface area (Å²) < 4.78 is 1.12. The van der Waals surface area contributed by atoms with E-state index < -0.39 is 0 Å². The molecule has 0 fully saturated rings. The molecule has 0 amide bonds. The second-order valence-electron chi connectivity index (χ2n) is 5.41. The minimum Gasteiger partial charge on any atom is -0.307 e. The third-order valence-corrected chi connectivity index (χ3v) is 4.40. The van der Waals surface area contributed by atoms with E-state index in [0.717, 1.165) is 22.3 Å². The Morgan fingerprint density at radius 2 is 1.67 bits per heavy atom. The molecular formula is C18H21BrClN. The maximum Gasteiger partial charge on any atom is 0.0406 e. The van der Waals surface area contributed by atoms with Gasteiger partial charge in [0.1, 0.15) is 0 Å². The average molecular weight is 367 g/mol. The number of rotatable bonds is 6. The zero-order chi connectivity index (χ0) is 15.2. The first-order chi connectivity index (χ1) is 10.1. The summed E-state index contributed by atoms with van der Waals surface area (Å²) in [6.07, 6.45) is 2.09. The smallest absolute Gasteiger partial charge is 0.0406 e. The van der Waals surface area contributed by atoms with Crippen molar-refractivity contribution in [2.24, 2.45) is 0 Å². The van der Waals surface area contributed by atoms with Gasteiger partial charge in [0, 0.05) is 21.6 Å². The first-order valence-corrected chi connectivity index (χ1v) is 8.51.